The number of carbonyl (C=O) groups excluding carboxylic acids is 1. The number of carbonyl (C=O) groups is 1. The fourth-order valence-corrected chi connectivity index (χ4v) is 3.35. The lowest BCUT2D eigenvalue weighted by Gasteiger charge is -2.24. The molecule has 1 N–H and O–H groups in total. The van der Waals surface area contributed by atoms with Crippen molar-refractivity contribution in [2.75, 3.05) is 13.1 Å². The Kier molecular flexibility index (Phi) is 5.48. The summed E-state index contributed by atoms with van der Waals surface area (Å²) >= 11 is 6.08. The van der Waals surface area contributed by atoms with Crippen LogP contribution in [0.15, 0.2) is 48.5 Å². The highest BCUT2D eigenvalue weighted by atomic mass is 35.5. The van der Waals surface area contributed by atoms with Crippen LogP contribution in [-0.4, -0.2) is 23.9 Å². The minimum absolute atomic E-state index is 0.0201. The second-order valence-electron chi connectivity index (χ2n) is 6.09. The van der Waals surface area contributed by atoms with Crippen molar-refractivity contribution >= 4 is 17.5 Å². The molecule has 0 bridgehead atoms. The second-order valence-corrected chi connectivity index (χ2v) is 6.52. The molecule has 3 nitrogen and oxygen atoms in total. The summed E-state index contributed by atoms with van der Waals surface area (Å²) in [4.78, 5) is 14.4. The predicted octanol–water partition coefficient (Wildman–Crippen LogP) is 3.93. The van der Waals surface area contributed by atoms with Gasteiger partial charge in [0.15, 0.2) is 0 Å². The van der Waals surface area contributed by atoms with E-state index in [2.05, 4.69) is 16.3 Å². The zero-order valence-electron chi connectivity index (χ0n) is 13.3. The standard InChI is InChI=1S/C19H20ClFN2O/c20-16-4-1-3-15(11-16)18-5-2-10-23(18)13-19(24)22-12-14-6-8-17(21)9-7-14/h1,3-4,6-9,11,18H,2,5,10,12-13H2,(H,22,24). The third kappa shape index (κ3) is 4.34. The molecule has 0 radical (unpaired) electrons. The van der Waals surface area contributed by atoms with Crippen molar-refractivity contribution in [3.05, 3.63) is 70.5 Å². The number of halogens is 2. The van der Waals surface area contributed by atoms with Gasteiger partial charge in [-0.05, 0) is 54.8 Å². The number of amides is 1. The fraction of sp³-hybridized carbons (Fsp3) is 0.316. The van der Waals surface area contributed by atoms with Crippen molar-refractivity contribution < 1.29 is 9.18 Å². The molecule has 1 fully saturated rings. The van der Waals surface area contributed by atoms with Crippen LogP contribution in [0.3, 0.4) is 0 Å². The number of benzene rings is 2. The molecule has 24 heavy (non-hydrogen) atoms. The largest absolute Gasteiger partial charge is 0.351 e. The quantitative estimate of drug-likeness (QED) is 0.889. The van der Waals surface area contributed by atoms with Gasteiger partial charge in [-0.15, -0.1) is 0 Å². The Bertz CT molecular complexity index is 705. The Balaban J connectivity index is 1.56. The third-order valence-electron chi connectivity index (χ3n) is 4.35. The Labute approximate surface area is 146 Å². The van der Waals surface area contributed by atoms with E-state index in [9.17, 15) is 9.18 Å². The number of hydrogen-bond acceptors (Lipinski definition) is 2. The van der Waals surface area contributed by atoms with Crippen molar-refractivity contribution in [3.8, 4) is 0 Å². The molecule has 3 rings (SSSR count). The molecule has 2 aromatic carbocycles. The summed E-state index contributed by atoms with van der Waals surface area (Å²) in [6.45, 7) is 1.67. The highest BCUT2D eigenvalue weighted by molar-refractivity contribution is 6.30. The summed E-state index contributed by atoms with van der Waals surface area (Å²) in [6.07, 6.45) is 2.11. The molecule has 1 amide bonds. The molecule has 2 aromatic rings. The average molecular weight is 347 g/mol. The topological polar surface area (TPSA) is 32.3 Å². The predicted molar refractivity (Wildman–Crippen MR) is 93.2 cm³/mol. The van der Waals surface area contributed by atoms with Crippen LogP contribution >= 0.6 is 11.6 Å². The first-order valence-corrected chi connectivity index (χ1v) is 8.50. The molecule has 1 unspecified atom stereocenters. The molecule has 0 aliphatic carbocycles. The lowest BCUT2D eigenvalue weighted by atomic mass is 10.0. The van der Waals surface area contributed by atoms with Crippen molar-refractivity contribution in [1.82, 2.24) is 10.2 Å². The molecule has 5 heteroatoms. The highest BCUT2D eigenvalue weighted by Crippen LogP contribution is 2.32. The maximum atomic E-state index is 12.9. The SMILES string of the molecule is O=C(CN1CCCC1c1cccc(Cl)c1)NCc1ccc(F)cc1. The maximum absolute atomic E-state index is 12.9. The molecular weight excluding hydrogens is 327 g/mol. The fourth-order valence-electron chi connectivity index (χ4n) is 3.15. The Morgan fingerprint density at radius 3 is 2.79 bits per heavy atom. The molecule has 1 aliphatic heterocycles. The minimum atomic E-state index is -0.272. The van der Waals surface area contributed by atoms with E-state index in [4.69, 9.17) is 11.6 Å². The van der Waals surface area contributed by atoms with Gasteiger partial charge in [-0.3, -0.25) is 9.69 Å². The van der Waals surface area contributed by atoms with Crippen LogP contribution in [0, 0.1) is 5.82 Å². The van der Waals surface area contributed by atoms with E-state index >= 15 is 0 Å². The van der Waals surface area contributed by atoms with Gasteiger partial charge in [-0.1, -0.05) is 35.9 Å². The van der Waals surface area contributed by atoms with Crippen LogP contribution in [0.25, 0.3) is 0 Å². The molecule has 0 spiro atoms. The molecule has 0 aromatic heterocycles. The van der Waals surface area contributed by atoms with Gasteiger partial charge in [0.1, 0.15) is 5.82 Å². The van der Waals surface area contributed by atoms with E-state index in [1.54, 1.807) is 12.1 Å². The monoisotopic (exact) mass is 346 g/mol. The van der Waals surface area contributed by atoms with Crippen molar-refractivity contribution in [2.24, 2.45) is 0 Å². The molecule has 0 saturated carbocycles. The lowest BCUT2D eigenvalue weighted by Crippen LogP contribution is -2.36. The second kappa shape index (κ2) is 7.77. The smallest absolute Gasteiger partial charge is 0.234 e. The van der Waals surface area contributed by atoms with Gasteiger partial charge in [-0.25, -0.2) is 4.39 Å². The summed E-state index contributed by atoms with van der Waals surface area (Å²) in [5.74, 6) is -0.292. The van der Waals surface area contributed by atoms with Crippen molar-refractivity contribution in [3.63, 3.8) is 0 Å². The maximum Gasteiger partial charge on any atom is 0.234 e. The van der Waals surface area contributed by atoms with Crippen LogP contribution in [-0.2, 0) is 11.3 Å². The molecule has 1 saturated heterocycles. The van der Waals surface area contributed by atoms with Crippen LogP contribution in [0.2, 0.25) is 5.02 Å². The number of likely N-dealkylation sites (tertiary alicyclic amines) is 1. The van der Waals surface area contributed by atoms with Gasteiger partial charge in [0.25, 0.3) is 0 Å². The number of hydrogen-bond donors (Lipinski definition) is 1. The van der Waals surface area contributed by atoms with Crippen LogP contribution in [0.5, 0.6) is 0 Å². The summed E-state index contributed by atoms with van der Waals surface area (Å²) in [6, 6.07) is 14.2. The molecule has 1 heterocycles. The van der Waals surface area contributed by atoms with Crippen LogP contribution in [0.4, 0.5) is 4.39 Å². The summed E-state index contributed by atoms with van der Waals surface area (Å²) < 4.78 is 12.9. The Morgan fingerprint density at radius 1 is 1.25 bits per heavy atom. The molecule has 1 aliphatic rings. The average Bonchev–Trinajstić information content (AvgIpc) is 3.02. The van der Waals surface area contributed by atoms with Gasteiger partial charge in [-0.2, -0.15) is 0 Å². The first kappa shape index (κ1) is 16.9. The third-order valence-corrected chi connectivity index (χ3v) is 4.58. The van der Waals surface area contributed by atoms with Crippen molar-refractivity contribution in [1.29, 1.82) is 0 Å². The van der Waals surface area contributed by atoms with Gasteiger partial charge >= 0.3 is 0 Å². The van der Waals surface area contributed by atoms with Gasteiger partial charge in [0.05, 0.1) is 6.54 Å². The highest BCUT2D eigenvalue weighted by Gasteiger charge is 2.27. The van der Waals surface area contributed by atoms with E-state index < -0.39 is 0 Å². The van der Waals surface area contributed by atoms with E-state index in [1.807, 2.05) is 18.2 Å². The van der Waals surface area contributed by atoms with Gasteiger partial charge in [0, 0.05) is 17.6 Å². The van der Waals surface area contributed by atoms with Crippen LogP contribution < -0.4 is 5.32 Å². The molecule has 126 valence electrons. The van der Waals surface area contributed by atoms with E-state index in [-0.39, 0.29) is 17.8 Å². The summed E-state index contributed by atoms with van der Waals surface area (Å²) in [7, 11) is 0. The van der Waals surface area contributed by atoms with E-state index in [1.165, 1.54) is 12.1 Å². The normalized spacial score (nSPS) is 17.8. The zero-order chi connectivity index (χ0) is 16.9. The summed E-state index contributed by atoms with van der Waals surface area (Å²) in [5.41, 5.74) is 2.05. The Hall–Kier alpha value is -1.91. The van der Waals surface area contributed by atoms with E-state index in [0.717, 1.165) is 35.5 Å². The number of nitrogens with one attached hydrogen (secondary N) is 1. The zero-order valence-corrected chi connectivity index (χ0v) is 14.1. The first-order valence-electron chi connectivity index (χ1n) is 8.12. The lowest BCUT2D eigenvalue weighted by molar-refractivity contribution is -0.122. The minimum Gasteiger partial charge on any atom is -0.351 e. The van der Waals surface area contributed by atoms with Crippen LogP contribution in [0.1, 0.15) is 30.0 Å². The van der Waals surface area contributed by atoms with E-state index in [0.29, 0.717) is 13.1 Å². The Morgan fingerprint density at radius 2 is 2.04 bits per heavy atom. The molecule has 1 atom stereocenters. The van der Waals surface area contributed by atoms with Gasteiger partial charge < -0.3 is 5.32 Å². The number of rotatable bonds is 5. The number of nitrogens with zero attached hydrogens (tertiary/aromatic N) is 1. The van der Waals surface area contributed by atoms with Crippen molar-refractivity contribution in [2.45, 2.75) is 25.4 Å². The summed E-state index contributed by atoms with van der Waals surface area (Å²) in [5, 5.41) is 3.62. The molecular formula is C19H20ClFN2O. The first-order chi connectivity index (χ1) is 11.6. The van der Waals surface area contributed by atoms with Gasteiger partial charge in [0.2, 0.25) is 5.91 Å².